The van der Waals surface area contributed by atoms with Crippen LogP contribution in [0.4, 0.5) is 10.5 Å². The Kier molecular flexibility index (Phi) is 3.60. The Morgan fingerprint density at radius 2 is 2.06 bits per heavy atom. The van der Waals surface area contributed by atoms with Gasteiger partial charge >= 0.3 is 6.09 Å². The molecule has 1 aliphatic rings. The van der Waals surface area contributed by atoms with E-state index in [1.165, 1.54) is 4.90 Å². The van der Waals surface area contributed by atoms with Gasteiger partial charge in [-0.05, 0) is 31.2 Å². The van der Waals surface area contributed by atoms with E-state index in [1.807, 2.05) is 24.3 Å². The summed E-state index contributed by atoms with van der Waals surface area (Å²) in [6, 6.07) is 8.13. The second-order valence-electron chi connectivity index (χ2n) is 4.33. The van der Waals surface area contributed by atoms with Crippen molar-refractivity contribution < 1.29 is 14.6 Å². The van der Waals surface area contributed by atoms with Crippen molar-refractivity contribution in [3.63, 3.8) is 0 Å². The van der Waals surface area contributed by atoms with Gasteiger partial charge in [-0.1, -0.05) is 0 Å². The van der Waals surface area contributed by atoms with Gasteiger partial charge in [-0.2, -0.15) is 0 Å². The summed E-state index contributed by atoms with van der Waals surface area (Å²) in [6.45, 7) is 4.10. The number of rotatable bonds is 4. The molecule has 0 unspecified atom stereocenters. The maximum absolute atomic E-state index is 10.7. The Labute approximate surface area is 107 Å². The van der Waals surface area contributed by atoms with Crippen LogP contribution >= 0.6 is 0 Å². The molecular formula is C13H18N2O3. The normalized spacial score (nSPS) is 15.1. The van der Waals surface area contributed by atoms with Crippen LogP contribution in [0.2, 0.25) is 0 Å². The third kappa shape index (κ3) is 2.34. The summed E-state index contributed by atoms with van der Waals surface area (Å²) >= 11 is 0. The summed E-state index contributed by atoms with van der Waals surface area (Å²) in [6.07, 6.45) is -0.836. The molecule has 0 aromatic heterocycles. The molecule has 0 radical (unpaired) electrons. The van der Waals surface area contributed by atoms with E-state index < -0.39 is 6.09 Å². The molecule has 2 rings (SSSR count). The number of nitrogens with zero attached hydrogens (tertiary/aromatic N) is 2. The van der Waals surface area contributed by atoms with Crippen molar-refractivity contribution in [3.05, 3.63) is 24.3 Å². The highest BCUT2D eigenvalue weighted by Gasteiger charge is 2.34. The van der Waals surface area contributed by atoms with Gasteiger partial charge in [0.15, 0.2) is 0 Å². The van der Waals surface area contributed by atoms with E-state index in [0.29, 0.717) is 13.1 Å². The van der Waals surface area contributed by atoms with E-state index in [4.69, 9.17) is 9.84 Å². The van der Waals surface area contributed by atoms with Crippen molar-refractivity contribution in [1.29, 1.82) is 0 Å². The molecule has 1 aromatic rings. The van der Waals surface area contributed by atoms with E-state index >= 15 is 0 Å². The molecule has 5 nitrogen and oxygen atoms in total. The van der Waals surface area contributed by atoms with Crippen molar-refractivity contribution in [2.75, 3.05) is 31.6 Å². The zero-order valence-corrected chi connectivity index (χ0v) is 10.7. The zero-order chi connectivity index (χ0) is 13.1. The van der Waals surface area contributed by atoms with E-state index in [-0.39, 0.29) is 6.04 Å². The van der Waals surface area contributed by atoms with Crippen LogP contribution in [0.1, 0.15) is 6.92 Å². The fraction of sp³-hybridized carbons (Fsp3) is 0.462. The van der Waals surface area contributed by atoms with Crippen molar-refractivity contribution >= 4 is 11.8 Å². The van der Waals surface area contributed by atoms with Crippen molar-refractivity contribution in [3.8, 4) is 5.75 Å². The lowest BCUT2D eigenvalue weighted by molar-refractivity contribution is 0.104. The van der Waals surface area contributed by atoms with Crippen LogP contribution in [-0.4, -0.2) is 48.9 Å². The summed E-state index contributed by atoms with van der Waals surface area (Å²) in [5, 5.41) is 8.84. The molecule has 1 aromatic carbocycles. The predicted octanol–water partition coefficient (Wildman–Crippen LogP) is 1.88. The smallest absolute Gasteiger partial charge is 0.407 e. The zero-order valence-electron chi connectivity index (χ0n) is 10.7. The molecule has 98 valence electrons. The molecule has 1 aliphatic heterocycles. The number of likely N-dealkylation sites (tertiary alicyclic amines) is 1. The van der Waals surface area contributed by atoms with Crippen LogP contribution in [0.3, 0.4) is 0 Å². The van der Waals surface area contributed by atoms with Crippen LogP contribution < -0.4 is 9.64 Å². The molecule has 0 saturated carbocycles. The molecule has 1 saturated heterocycles. The lowest BCUT2D eigenvalue weighted by atomic mass is 10.1. The minimum atomic E-state index is -0.836. The van der Waals surface area contributed by atoms with Crippen LogP contribution in [0, 0.1) is 0 Å². The molecule has 0 atom stereocenters. The maximum Gasteiger partial charge on any atom is 0.407 e. The fourth-order valence-electron chi connectivity index (χ4n) is 2.23. The second-order valence-corrected chi connectivity index (χ2v) is 4.33. The highest BCUT2D eigenvalue weighted by Crippen LogP contribution is 2.24. The van der Waals surface area contributed by atoms with E-state index in [0.717, 1.165) is 18.0 Å². The quantitative estimate of drug-likeness (QED) is 0.886. The molecule has 0 bridgehead atoms. The first-order valence-corrected chi connectivity index (χ1v) is 6.04. The average Bonchev–Trinajstić information content (AvgIpc) is 2.32. The number of methoxy groups -OCH3 is 1. The number of anilines is 1. The minimum Gasteiger partial charge on any atom is -0.497 e. The Morgan fingerprint density at radius 3 is 2.50 bits per heavy atom. The van der Waals surface area contributed by atoms with Crippen LogP contribution in [-0.2, 0) is 0 Å². The third-order valence-corrected chi connectivity index (χ3v) is 3.32. The predicted molar refractivity (Wildman–Crippen MR) is 69.4 cm³/mol. The molecule has 0 aliphatic carbocycles. The van der Waals surface area contributed by atoms with E-state index in [1.54, 1.807) is 7.11 Å². The number of carboxylic acid groups (broad SMARTS) is 1. The lowest BCUT2D eigenvalue weighted by Crippen LogP contribution is -2.61. The maximum atomic E-state index is 10.7. The summed E-state index contributed by atoms with van der Waals surface area (Å²) < 4.78 is 5.13. The number of benzene rings is 1. The van der Waals surface area contributed by atoms with Gasteiger partial charge in [-0.3, -0.25) is 0 Å². The summed E-state index contributed by atoms with van der Waals surface area (Å²) in [7, 11) is 1.64. The van der Waals surface area contributed by atoms with Crippen molar-refractivity contribution in [1.82, 2.24) is 4.90 Å². The van der Waals surface area contributed by atoms with E-state index in [2.05, 4.69) is 11.8 Å². The lowest BCUT2D eigenvalue weighted by Gasteiger charge is -2.44. The summed E-state index contributed by atoms with van der Waals surface area (Å²) in [4.78, 5) is 14.4. The SMILES string of the molecule is CCN(c1ccc(OC)cc1)C1CN(C(=O)O)C1. The number of carbonyl (C=O) groups is 1. The van der Waals surface area contributed by atoms with Gasteiger partial charge in [0.2, 0.25) is 0 Å². The molecular weight excluding hydrogens is 232 g/mol. The van der Waals surface area contributed by atoms with Crippen molar-refractivity contribution in [2.24, 2.45) is 0 Å². The van der Waals surface area contributed by atoms with Gasteiger partial charge < -0.3 is 19.6 Å². The first kappa shape index (κ1) is 12.5. The Bertz CT molecular complexity index is 413. The number of hydrogen-bond acceptors (Lipinski definition) is 3. The highest BCUT2D eigenvalue weighted by atomic mass is 16.5. The summed E-state index contributed by atoms with van der Waals surface area (Å²) in [5.41, 5.74) is 1.10. The Hall–Kier alpha value is -1.91. The minimum absolute atomic E-state index is 0.277. The van der Waals surface area contributed by atoms with Gasteiger partial charge in [0, 0.05) is 25.3 Å². The van der Waals surface area contributed by atoms with Gasteiger partial charge in [0.25, 0.3) is 0 Å². The highest BCUT2D eigenvalue weighted by molar-refractivity contribution is 5.67. The Balaban J connectivity index is 2.03. The molecule has 18 heavy (non-hydrogen) atoms. The molecule has 0 spiro atoms. The molecule has 5 heteroatoms. The first-order valence-electron chi connectivity index (χ1n) is 6.04. The monoisotopic (exact) mass is 250 g/mol. The van der Waals surface area contributed by atoms with Crippen LogP contribution in [0.25, 0.3) is 0 Å². The number of ether oxygens (including phenoxy) is 1. The topological polar surface area (TPSA) is 53.0 Å². The largest absolute Gasteiger partial charge is 0.497 e. The molecule has 1 heterocycles. The number of likely N-dealkylation sites (N-methyl/N-ethyl adjacent to an activating group) is 1. The fourth-order valence-corrected chi connectivity index (χ4v) is 2.23. The second kappa shape index (κ2) is 5.16. The first-order chi connectivity index (χ1) is 8.65. The van der Waals surface area contributed by atoms with Crippen molar-refractivity contribution in [2.45, 2.75) is 13.0 Å². The molecule has 1 N–H and O–H groups in total. The van der Waals surface area contributed by atoms with Crippen LogP contribution in [0.5, 0.6) is 5.75 Å². The van der Waals surface area contributed by atoms with Gasteiger partial charge in [0.05, 0.1) is 13.2 Å². The van der Waals surface area contributed by atoms with Crippen LogP contribution in [0.15, 0.2) is 24.3 Å². The number of amides is 1. The summed E-state index contributed by atoms with van der Waals surface area (Å²) in [5.74, 6) is 0.829. The van der Waals surface area contributed by atoms with Gasteiger partial charge in [0.1, 0.15) is 5.75 Å². The third-order valence-electron chi connectivity index (χ3n) is 3.32. The standard InChI is InChI=1S/C13H18N2O3/c1-3-15(11-8-14(9-11)13(16)17)10-4-6-12(18-2)7-5-10/h4-7,11H,3,8-9H2,1-2H3,(H,16,17). The van der Waals surface area contributed by atoms with E-state index in [9.17, 15) is 4.79 Å². The van der Waals surface area contributed by atoms with Gasteiger partial charge in [-0.15, -0.1) is 0 Å². The average molecular weight is 250 g/mol. The Morgan fingerprint density at radius 1 is 1.44 bits per heavy atom. The molecule has 1 fully saturated rings. The number of hydrogen-bond donors (Lipinski definition) is 1. The van der Waals surface area contributed by atoms with Gasteiger partial charge in [-0.25, -0.2) is 4.79 Å². The molecule has 1 amide bonds.